The van der Waals surface area contributed by atoms with Gasteiger partial charge >= 0.3 is 7.82 Å². The molecule has 0 heterocycles. The zero-order valence-electron chi connectivity index (χ0n) is 26.3. The number of para-hydroxylation sites is 2. The van der Waals surface area contributed by atoms with Crippen molar-refractivity contribution in [3.05, 3.63) is 173 Å². The van der Waals surface area contributed by atoms with Gasteiger partial charge in [0.2, 0.25) is 0 Å². The fourth-order valence-electron chi connectivity index (χ4n) is 5.05. The molecule has 48 heavy (non-hydrogen) atoms. The van der Waals surface area contributed by atoms with Crippen molar-refractivity contribution in [2.75, 3.05) is 6.61 Å². The molecule has 0 atom stereocenters. The SMILES string of the molecule is CCOc1ccc(-c2ccc(Cc3cc(Cl)ccc3OP(=O)(Oc3ccccc3)Oc3ccccc3)cc2)c(OCc2ccccc2)c1. The first kappa shape index (κ1) is 32.8. The van der Waals surface area contributed by atoms with E-state index in [1.165, 1.54) is 0 Å². The highest BCUT2D eigenvalue weighted by atomic mass is 35.5. The van der Waals surface area contributed by atoms with Crippen LogP contribution in [0.25, 0.3) is 11.1 Å². The van der Waals surface area contributed by atoms with Crippen molar-refractivity contribution < 1.29 is 27.6 Å². The molecule has 0 bridgehead atoms. The summed E-state index contributed by atoms with van der Waals surface area (Å²) >= 11 is 6.43. The molecule has 242 valence electrons. The van der Waals surface area contributed by atoms with Gasteiger partial charge < -0.3 is 23.0 Å². The van der Waals surface area contributed by atoms with E-state index < -0.39 is 7.82 Å². The normalized spacial score (nSPS) is 11.0. The molecule has 0 aliphatic heterocycles. The van der Waals surface area contributed by atoms with Crippen molar-refractivity contribution in [2.24, 2.45) is 0 Å². The van der Waals surface area contributed by atoms with Gasteiger partial charge in [-0.2, -0.15) is 4.57 Å². The van der Waals surface area contributed by atoms with E-state index in [1.54, 1.807) is 66.7 Å². The maximum atomic E-state index is 14.1. The molecule has 0 spiro atoms. The van der Waals surface area contributed by atoms with Crippen LogP contribution in [-0.4, -0.2) is 6.61 Å². The third-order valence-corrected chi connectivity index (χ3v) is 8.84. The molecule has 0 unspecified atom stereocenters. The average molecular weight is 677 g/mol. The maximum absolute atomic E-state index is 14.1. The Labute approximate surface area is 286 Å². The molecule has 0 aromatic heterocycles. The Hall–Kier alpha value is -5.16. The molecule has 0 fully saturated rings. The number of phosphoric ester groups is 1. The molecule has 0 saturated heterocycles. The standard InChI is InChI=1S/C40H34ClO6P/c1-2-43-37-23-24-38(40(28-37)44-29-31-12-6-3-7-13-31)32-20-18-30(19-21-32)26-33-27-34(41)22-25-39(33)47-48(42,45-35-14-8-4-9-15-35)46-36-16-10-5-11-17-36/h3-25,27-28H,2,26,29H2,1H3. The average Bonchev–Trinajstić information content (AvgIpc) is 3.10. The van der Waals surface area contributed by atoms with E-state index in [2.05, 4.69) is 0 Å². The highest BCUT2D eigenvalue weighted by Gasteiger charge is 2.34. The Morgan fingerprint density at radius 1 is 0.562 bits per heavy atom. The third kappa shape index (κ3) is 8.80. The van der Waals surface area contributed by atoms with E-state index in [0.29, 0.717) is 41.9 Å². The Bertz CT molecular complexity index is 1920. The molecule has 0 aliphatic carbocycles. The lowest BCUT2D eigenvalue weighted by Crippen LogP contribution is -2.09. The van der Waals surface area contributed by atoms with Crippen molar-refractivity contribution in [1.82, 2.24) is 0 Å². The number of benzene rings is 6. The smallest absolute Gasteiger partial charge is 0.494 e. The number of halogens is 1. The number of rotatable bonds is 14. The quantitative estimate of drug-likeness (QED) is 0.107. The number of ether oxygens (including phenoxy) is 2. The summed E-state index contributed by atoms with van der Waals surface area (Å²) in [5, 5.41) is 0.520. The lowest BCUT2D eigenvalue weighted by Gasteiger charge is -2.21. The summed E-state index contributed by atoms with van der Waals surface area (Å²) in [6, 6.07) is 46.9. The second-order valence-electron chi connectivity index (χ2n) is 10.8. The van der Waals surface area contributed by atoms with Crippen LogP contribution in [0, 0.1) is 0 Å². The van der Waals surface area contributed by atoms with E-state index in [4.69, 9.17) is 34.6 Å². The molecule has 8 heteroatoms. The van der Waals surface area contributed by atoms with E-state index in [1.807, 2.05) is 91.9 Å². The summed E-state index contributed by atoms with van der Waals surface area (Å²) in [5.74, 6) is 2.52. The van der Waals surface area contributed by atoms with Crippen LogP contribution in [0.1, 0.15) is 23.6 Å². The van der Waals surface area contributed by atoms with Crippen LogP contribution in [0.4, 0.5) is 0 Å². The van der Waals surface area contributed by atoms with Gasteiger partial charge in [-0.1, -0.05) is 103 Å². The molecular weight excluding hydrogens is 643 g/mol. The van der Waals surface area contributed by atoms with Gasteiger partial charge in [-0.15, -0.1) is 0 Å². The van der Waals surface area contributed by atoms with Crippen molar-refractivity contribution in [2.45, 2.75) is 20.0 Å². The monoisotopic (exact) mass is 676 g/mol. The van der Waals surface area contributed by atoms with Crippen LogP contribution in [0.3, 0.4) is 0 Å². The van der Waals surface area contributed by atoms with E-state index >= 15 is 0 Å². The topological polar surface area (TPSA) is 63.2 Å². The first-order valence-electron chi connectivity index (χ1n) is 15.6. The molecule has 6 aromatic carbocycles. The minimum absolute atomic E-state index is 0.335. The summed E-state index contributed by atoms with van der Waals surface area (Å²) in [6.45, 7) is 2.96. The predicted octanol–water partition coefficient (Wildman–Crippen LogP) is 11.2. The lowest BCUT2D eigenvalue weighted by atomic mass is 9.99. The maximum Gasteiger partial charge on any atom is 0.647 e. The minimum atomic E-state index is -4.19. The van der Waals surface area contributed by atoms with Gasteiger partial charge in [-0.05, 0) is 78.2 Å². The van der Waals surface area contributed by atoms with Crippen LogP contribution in [0.2, 0.25) is 5.02 Å². The molecule has 6 rings (SSSR count). The molecule has 6 nitrogen and oxygen atoms in total. The number of hydrogen-bond donors (Lipinski definition) is 0. The molecule has 0 saturated carbocycles. The molecular formula is C40H34ClO6P. The van der Waals surface area contributed by atoms with Crippen LogP contribution in [0.15, 0.2) is 152 Å². The largest absolute Gasteiger partial charge is 0.647 e. The third-order valence-electron chi connectivity index (χ3n) is 7.31. The van der Waals surface area contributed by atoms with Crippen molar-refractivity contribution in [1.29, 1.82) is 0 Å². The highest BCUT2D eigenvalue weighted by molar-refractivity contribution is 7.49. The van der Waals surface area contributed by atoms with Gasteiger partial charge in [0.15, 0.2) is 0 Å². The van der Waals surface area contributed by atoms with Crippen molar-refractivity contribution in [3.8, 4) is 39.9 Å². The molecule has 0 radical (unpaired) electrons. The Morgan fingerprint density at radius 2 is 1.19 bits per heavy atom. The summed E-state index contributed by atoms with van der Waals surface area (Å²) in [4.78, 5) is 0. The molecule has 0 aliphatic rings. The second-order valence-corrected chi connectivity index (χ2v) is 12.7. The summed E-state index contributed by atoms with van der Waals surface area (Å²) in [5.41, 5.74) is 4.73. The Kier molecular flexibility index (Phi) is 10.7. The van der Waals surface area contributed by atoms with Gasteiger partial charge in [0.1, 0.15) is 35.4 Å². The van der Waals surface area contributed by atoms with Crippen LogP contribution in [-0.2, 0) is 17.6 Å². The Balaban J connectivity index is 1.25. The second kappa shape index (κ2) is 15.6. The summed E-state index contributed by atoms with van der Waals surface area (Å²) in [6.07, 6.45) is 0.452. The highest BCUT2D eigenvalue weighted by Crippen LogP contribution is 2.50. The van der Waals surface area contributed by atoms with Gasteiger partial charge in [-0.3, -0.25) is 0 Å². The van der Waals surface area contributed by atoms with E-state index in [-0.39, 0.29) is 0 Å². The summed E-state index contributed by atoms with van der Waals surface area (Å²) < 4.78 is 44.0. The first-order valence-corrected chi connectivity index (χ1v) is 17.4. The van der Waals surface area contributed by atoms with E-state index in [0.717, 1.165) is 39.3 Å². The van der Waals surface area contributed by atoms with Gasteiger partial charge in [-0.25, -0.2) is 0 Å². The number of phosphoric acid groups is 1. The zero-order valence-corrected chi connectivity index (χ0v) is 28.0. The lowest BCUT2D eigenvalue weighted by molar-refractivity contribution is 0.297. The molecule has 0 N–H and O–H groups in total. The van der Waals surface area contributed by atoms with Gasteiger partial charge in [0.25, 0.3) is 0 Å². The predicted molar refractivity (Wildman–Crippen MR) is 190 cm³/mol. The van der Waals surface area contributed by atoms with Gasteiger partial charge in [0.05, 0.1) is 6.61 Å². The van der Waals surface area contributed by atoms with Crippen molar-refractivity contribution in [3.63, 3.8) is 0 Å². The number of hydrogen-bond acceptors (Lipinski definition) is 6. The fraction of sp³-hybridized carbons (Fsp3) is 0.100. The minimum Gasteiger partial charge on any atom is -0.494 e. The van der Waals surface area contributed by atoms with Crippen LogP contribution < -0.4 is 23.0 Å². The van der Waals surface area contributed by atoms with Crippen molar-refractivity contribution >= 4 is 19.4 Å². The first-order chi connectivity index (χ1) is 23.5. The molecule has 6 aromatic rings. The summed E-state index contributed by atoms with van der Waals surface area (Å²) in [7, 11) is -4.19. The molecule has 0 amide bonds. The van der Waals surface area contributed by atoms with Crippen LogP contribution >= 0.6 is 19.4 Å². The van der Waals surface area contributed by atoms with Gasteiger partial charge in [0, 0.05) is 28.6 Å². The van der Waals surface area contributed by atoms with Crippen LogP contribution in [0.5, 0.6) is 28.7 Å². The van der Waals surface area contributed by atoms with E-state index in [9.17, 15) is 4.57 Å². The fourth-order valence-corrected chi connectivity index (χ4v) is 6.53. The zero-order chi connectivity index (χ0) is 33.2. The Morgan fingerprint density at radius 3 is 1.81 bits per heavy atom.